The van der Waals surface area contributed by atoms with Crippen molar-refractivity contribution in [2.45, 2.75) is 46.3 Å². The number of nitrogens with one attached hydrogen (secondary N) is 2. The van der Waals surface area contributed by atoms with Gasteiger partial charge in [-0.15, -0.1) is 0 Å². The highest BCUT2D eigenvalue weighted by Gasteiger charge is 2.29. The fourth-order valence-electron chi connectivity index (χ4n) is 1.46. The molecule has 0 saturated heterocycles. The zero-order valence-electron chi connectivity index (χ0n) is 12.0. The quantitative estimate of drug-likeness (QED) is 0.810. The first-order valence-corrected chi connectivity index (χ1v) is 6.23. The van der Waals surface area contributed by atoms with Crippen molar-refractivity contribution in [3.8, 4) is 0 Å². The number of H-pyrrole nitrogens is 1. The smallest absolute Gasteiger partial charge is 0.329 e. The van der Waals surface area contributed by atoms with E-state index in [2.05, 4.69) is 15.3 Å². The largest absolute Gasteiger partial charge is 0.458 e. The fraction of sp³-hybridized carbons (Fsp3) is 0.615. The molecule has 19 heavy (non-hydrogen) atoms. The molecule has 1 aromatic heterocycles. The average Bonchev–Trinajstić information content (AvgIpc) is 2.75. The van der Waals surface area contributed by atoms with Crippen molar-refractivity contribution in [2.75, 3.05) is 0 Å². The molecule has 6 heteroatoms. The SMILES string of the molecule is CC(C)[C@H](NC(=O)c1cnc[nH]1)C(=O)OC(C)(C)C. The number of ether oxygens (including phenoxy) is 1. The van der Waals surface area contributed by atoms with E-state index >= 15 is 0 Å². The standard InChI is InChI=1S/C13H21N3O3/c1-8(2)10(12(18)19-13(3,4)5)16-11(17)9-6-14-7-15-9/h6-8,10H,1-5H3,(H,14,15)(H,16,17)/t10-/m0/s1. The Kier molecular flexibility index (Phi) is 4.69. The summed E-state index contributed by atoms with van der Waals surface area (Å²) in [5.74, 6) is -0.876. The number of hydrogen-bond acceptors (Lipinski definition) is 4. The normalized spacial score (nSPS) is 13.2. The summed E-state index contributed by atoms with van der Waals surface area (Å²) in [6.45, 7) is 9.07. The zero-order valence-corrected chi connectivity index (χ0v) is 12.0. The number of hydrogen-bond donors (Lipinski definition) is 2. The molecule has 0 unspecified atom stereocenters. The van der Waals surface area contributed by atoms with Crippen molar-refractivity contribution in [1.82, 2.24) is 15.3 Å². The summed E-state index contributed by atoms with van der Waals surface area (Å²) in [5.41, 5.74) is -0.266. The second kappa shape index (κ2) is 5.86. The zero-order chi connectivity index (χ0) is 14.6. The third kappa shape index (κ3) is 4.73. The Bertz CT molecular complexity index is 432. The summed E-state index contributed by atoms with van der Waals surface area (Å²) >= 11 is 0. The Morgan fingerprint density at radius 1 is 1.37 bits per heavy atom. The predicted octanol–water partition coefficient (Wildman–Crippen LogP) is 1.51. The van der Waals surface area contributed by atoms with Crippen LogP contribution in [-0.4, -0.2) is 33.5 Å². The van der Waals surface area contributed by atoms with Gasteiger partial charge in [-0.25, -0.2) is 9.78 Å². The molecule has 0 aliphatic rings. The molecule has 0 radical (unpaired) electrons. The number of aromatic amines is 1. The van der Waals surface area contributed by atoms with Crippen LogP contribution in [0.3, 0.4) is 0 Å². The van der Waals surface area contributed by atoms with Crippen molar-refractivity contribution in [3.05, 3.63) is 18.2 Å². The van der Waals surface area contributed by atoms with E-state index in [-0.39, 0.29) is 11.8 Å². The lowest BCUT2D eigenvalue weighted by Crippen LogP contribution is -2.47. The van der Waals surface area contributed by atoms with Crippen LogP contribution in [-0.2, 0) is 9.53 Å². The Hall–Kier alpha value is -1.85. The van der Waals surface area contributed by atoms with Crippen LogP contribution >= 0.6 is 0 Å². The number of aromatic nitrogens is 2. The molecule has 0 spiro atoms. The maximum Gasteiger partial charge on any atom is 0.329 e. The second-order valence-electron chi connectivity index (χ2n) is 5.69. The molecule has 0 aliphatic carbocycles. The summed E-state index contributed by atoms with van der Waals surface area (Å²) in [4.78, 5) is 30.4. The lowest BCUT2D eigenvalue weighted by atomic mass is 10.0. The first-order valence-electron chi connectivity index (χ1n) is 6.23. The number of carbonyl (C=O) groups is 2. The van der Waals surface area contributed by atoms with E-state index in [1.807, 2.05) is 13.8 Å². The van der Waals surface area contributed by atoms with Gasteiger partial charge in [0.1, 0.15) is 17.3 Å². The number of rotatable bonds is 4. The van der Waals surface area contributed by atoms with Crippen LogP contribution in [0.5, 0.6) is 0 Å². The second-order valence-corrected chi connectivity index (χ2v) is 5.69. The van der Waals surface area contributed by atoms with Crippen LogP contribution in [0.2, 0.25) is 0 Å². The molecule has 0 fully saturated rings. The van der Waals surface area contributed by atoms with Crippen LogP contribution in [0, 0.1) is 5.92 Å². The van der Waals surface area contributed by atoms with Gasteiger partial charge in [-0.05, 0) is 26.7 Å². The minimum absolute atomic E-state index is 0.0679. The maximum absolute atomic E-state index is 12.0. The Labute approximate surface area is 112 Å². The van der Waals surface area contributed by atoms with Crippen LogP contribution in [0.15, 0.2) is 12.5 Å². The topological polar surface area (TPSA) is 84.1 Å². The lowest BCUT2D eigenvalue weighted by Gasteiger charge is -2.26. The average molecular weight is 267 g/mol. The fourth-order valence-corrected chi connectivity index (χ4v) is 1.46. The van der Waals surface area contributed by atoms with E-state index in [1.54, 1.807) is 20.8 Å². The molecule has 1 amide bonds. The summed E-state index contributed by atoms with van der Waals surface area (Å²) in [6, 6.07) is -0.685. The van der Waals surface area contributed by atoms with Crippen molar-refractivity contribution >= 4 is 11.9 Å². The van der Waals surface area contributed by atoms with Gasteiger partial charge in [-0.1, -0.05) is 13.8 Å². The van der Waals surface area contributed by atoms with Crippen molar-refractivity contribution in [1.29, 1.82) is 0 Å². The monoisotopic (exact) mass is 267 g/mol. The van der Waals surface area contributed by atoms with Crippen molar-refractivity contribution in [2.24, 2.45) is 5.92 Å². The summed E-state index contributed by atoms with van der Waals surface area (Å²) in [7, 11) is 0. The summed E-state index contributed by atoms with van der Waals surface area (Å²) < 4.78 is 5.30. The highest BCUT2D eigenvalue weighted by molar-refractivity contribution is 5.95. The van der Waals surface area contributed by atoms with Gasteiger partial charge in [0, 0.05) is 0 Å². The van der Waals surface area contributed by atoms with Crippen LogP contribution in [0.25, 0.3) is 0 Å². The van der Waals surface area contributed by atoms with E-state index < -0.39 is 17.6 Å². The Balaban J connectivity index is 2.73. The van der Waals surface area contributed by atoms with Gasteiger partial charge in [0.15, 0.2) is 0 Å². The number of nitrogens with zero attached hydrogens (tertiary/aromatic N) is 1. The molecule has 1 aromatic rings. The molecule has 0 bridgehead atoms. The van der Waals surface area contributed by atoms with Gasteiger partial charge < -0.3 is 15.0 Å². The molecule has 1 rings (SSSR count). The van der Waals surface area contributed by atoms with E-state index in [1.165, 1.54) is 12.5 Å². The summed E-state index contributed by atoms with van der Waals surface area (Å²) in [6.07, 6.45) is 2.81. The third-order valence-electron chi connectivity index (χ3n) is 2.36. The lowest BCUT2D eigenvalue weighted by molar-refractivity contribution is -0.158. The van der Waals surface area contributed by atoms with Crippen molar-refractivity contribution in [3.63, 3.8) is 0 Å². The van der Waals surface area contributed by atoms with Gasteiger partial charge >= 0.3 is 5.97 Å². The third-order valence-corrected chi connectivity index (χ3v) is 2.36. The van der Waals surface area contributed by atoms with Gasteiger partial charge in [-0.3, -0.25) is 4.79 Å². The van der Waals surface area contributed by atoms with Crippen LogP contribution in [0.4, 0.5) is 0 Å². The molecule has 1 atom stereocenters. The predicted molar refractivity (Wildman–Crippen MR) is 70.5 cm³/mol. The van der Waals surface area contributed by atoms with Crippen molar-refractivity contribution < 1.29 is 14.3 Å². The Morgan fingerprint density at radius 2 is 2.00 bits per heavy atom. The number of esters is 1. The molecule has 0 aliphatic heterocycles. The van der Waals surface area contributed by atoms with Gasteiger partial charge in [-0.2, -0.15) is 0 Å². The molecule has 2 N–H and O–H groups in total. The molecule has 0 saturated carbocycles. The van der Waals surface area contributed by atoms with E-state index in [9.17, 15) is 9.59 Å². The molecule has 0 aromatic carbocycles. The van der Waals surface area contributed by atoms with Crippen LogP contribution < -0.4 is 5.32 Å². The minimum Gasteiger partial charge on any atom is -0.458 e. The van der Waals surface area contributed by atoms with E-state index in [0.29, 0.717) is 5.69 Å². The van der Waals surface area contributed by atoms with Gasteiger partial charge in [0.25, 0.3) is 5.91 Å². The van der Waals surface area contributed by atoms with E-state index in [4.69, 9.17) is 4.74 Å². The van der Waals surface area contributed by atoms with Gasteiger partial charge in [0.05, 0.1) is 12.5 Å². The van der Waals surface area contributed by atoms with E-state index in [0.717, 1.165) is 0 Å². The molecular formula is C13H21N3O3. The first kappa shape index (κ1) is 15.2. The molecule has 1 heterocycles. The molecule has 6 nitrogen and oxygen atoms in total. The number of amides is 1. The Morgan fingerprint density at radius 3 is 2.42 bits per heavy atom. The molecule has 106 valence electrons. The first-order chi connectivity index (χ1) is 8.70. The summed E-state index contributed by atoms with van der Waals surface area (Å²) in [5, 5.41) is 2.66. The number of carbonyl (C=O) groups excluding carboxylic acids is 2. The molecular weight excluding hydrogens is 246 g/mol. The highest BCUT2D eigenvalue weighted by atomic mass is 16.6. The maximum atomic E-state index is 12.0. The number of imidazole rings is 1. The van der Waals surface area contributed by atoms with Crippen LogP contribution in [0.1, 0.15) is 45.1 Å². The van der Waals surface area contributed by atoms with Gasteiger partial charge in [0.2, 0.25) is 0 Å². The highest BCUT2D eigenvalue weighted by Crippen LogP contribution is 2.12. The minimum atomic E-state index is -0.685.